The van der Waals surface area contributed by atoms with Gasteiger partial charge in [0.25, 0.3) is 0 Å². The molecule has 13 heavy (non-hydrogen) atoms. The summed E-state index contributed by atoms with van der Waals surface area (Å²) in [5.41, 5.74) is 0. The van der Waals surface area contributed by atoms with Gasteiger partial charge in [-0.05, 0) is 25.2 Å². The van der Waals surface area contributed by atoms with E-state index in [4.69, 9.17) is 15.2 Å². The number of ether oxygens (including phenoxy) is 1. The Labute approximate surface area is 77.8 Å². The van der Waals surface area contributed by atoms with Gasteiger partial charge in [0.2, 0.25) is 5.39 Å². The molecule has 1 saturated carbocycles. The molecule has 1 N–H and O–H groups in total. The zero-order chi connectivity index (χ0) is 9.68. The van der Waals surface area contributed by atoms with Crippen LogP contribution in [0.15, 0.2) is 12.1 Å². The average Bonchev–Trinajstić information content (AvgIpc) is 2.09. The van der Waals surface area contributed by atoms with E-state index in [0.29, 0.717) is 5.92 Å². The minimum Gasteiger partial charge on any atom is -0.476 e. The van der Waals surface area contributed by atoms with E-state index in [0.717, 1.165) is 25.5 Å². The van der Waals surface area contributed by atoms with Crippen LogP contribution >= 0.6 is 0 Å². The Morgan fingerprint density at radius 2 is 2.23 bits per heavy atom. The number of aliphatic hydroxyl groups excluding tert-OH is 1. The standard InChI is InChI=1S/C9H14N2O2/c1-7-4-2-3-5-8(7)13-9(12)6-11-10/h6-8H,2-5H2,1H3/p+1/b9-6+/t7-,8+/m0/s1. The Morgan fingerprint density at radius 3 is 2.85 bits per heavy atom. The van der Waals surface area contributed by atoms with Crippen LogP contribution in [0.2, 0.25) is 0 Å². The second-order valence-corrected chi connectivity index (χ2v) is 3.50. The molecule has 1 aliphatic carbocycles. The Bertz CT molecular complexity index is 232. The van der Waals surface area contributed by atoms with Gasteiger partial charge < -0.3 is 9.84 Å². The van der Waals surface area contributed by atoms with Crippen LogP contribution in [0.25, 0.3) is 4.98 Å². The van der Waals surface area contributed by atoms with Gasteiger partial charge >= 0.3 is 12.1 Å². The zero-order valence-electron chi connectivity index (χ0n) is 7.81. The van der Waals surface area contributed by atoms with Gasteiger partial charge in [0.05, 0.1) is 0 Å². The van der Waals surface area contributed by atoms with Crippen molar-refractivity contribution >= 4 is 0 Å². The quantitative estimate of drug-likeness (QED) is 0.529. The van der Waals surface area contributed by atoms with Crippen molar-refractivity contribution in [2.75, 3.05) is 0 Å². The first kappa shape index (κ1) is 9.85. The van der Waals surface area contributed by atoms with E-state index >= 15 is 0 Å². The summed E-state index contributed by atoms with van der Waals surface area (Å²) >= 11 is 0. The zero-order valence-corrected chi connectivity index (χ0v) is 7.81. The Morgan fingerprint density at radius 1 is 1.54 bits per heavy atom. The number of hydrogen-bond donors (Lipinski definition) is 1. The van der Waals surface area contributed by atoms with Crippen molar-refractivity contribution in [3.8, 4) is 0 Å². The van der Waals surface area contributed by atoms with E-state index in [1.54, 1.807) is 0 Å². The first-order valence-electron chi connectivity index (χ1n) is 4.64. The maximum absolute atomic E-state index is 9.10. The first-order valence-corrected chi connectivity index (χ1v) is 4.64. The maximum Gasteiger partial charge on any atom is 0.429 e. The van der Waals surface area contributed by atoms with Crippen molar-refractivity contribution in [1.29, 1.82) is 5.39 Å². The number of nitrogens with zero attached hydrogens (tertiary/aromatic N) is 2. The third kappa shape index (κ3) is 2.94. The minimum atomic E-state index is -0.304. The summed E-state index contributed by atoms with van der Waals surface area (Å²) in [6.45, 7) is 2.10. The molecule has 0 bridgehead atoms. The molecular formula is C9H15N2O2+. The van der Waals surface area contributed by atoms with Crippen LogP contribution in [0, 0.1) is 11.3 Å². The highest BCUT2D eigenvalue weighted by Crippen LogP contribution is 2.27. The summed E-state index contributed by atoms with van der Waals surface area (Å²) < 4.78 is 5.21. The molecule has 0 saturated heterocycles. The van der Waals surface area contributed by atoms with Crippen molar-refractivity contribution in [2.45, 2.75) is 38.7 Å². The average molecular weight is 183 g/mol. The molecule has 0 spiro atoms. The lowest BCUT2D eigenvalue weighted by molar-refractivity contribution is -0.0151. The molecule has 0 unspecified atom stereocenters. The number of aliphatic hydroxyl groups is 1. The second kappa shape index (κ2) is 4.70. The molecule has 1 fully saturated rings. The maximum atomic E-state index is 9.10. The highest BCUT2D eigenvalue weighted by molar-refractivity contribution is 4.89. The first-order chi connectivity index (χ1) is 6.24. The van der Waals surface area contributed by atoms with E-state index in [9.17, 15) is 0 Å². The summed E-state index contributed by atoms with van der Waals surface area (Å²) in [5, 5.41) is 17.2. The molecule has 4 heteroatoms. The van der Waals surface area contributed by atoms with Crippen molar-refractivity contribution in [3.63, 3.8) is 0 Å². The molecule has 0 aromatic rings. The molecular weight excluding hydrogens is 168 g/mol. The van der Waals surface area contributed by atoms with Crippen LogP contribution < -0.4 is 0 Å². The third-order valence-corrected chi connectivity index (χ3v) is 2.47. The predicted octanol–water partition coefficient (Wildman–Crippen LogP) is 2.79. The van der Waals surface area contributed by atoms with E-state index in [1.165, 1.54) is 6.42 Å². The molecule has 0 heterocycles. The van der Waals surface area contributed by atoms with Gasteiger partial charge in [0.15, 0.2) is 4.98 Å². The summed E-state index contributed by atoms with van der Waals surface area (Å²) in [7, 11) is 0. The van der Waals surface area contributed by atoms with Gasteiger partial charge in [-0.1, -0.05) is 13.3 Å². The van der Waals surface area contributed by atoms with Crippen molar-refractivity contribution in [1.82, 2.24) is 0 Å². The third-order valence-electron chi connectivity index (χ3n) is 2.47. The highest BCUT2D eigenvalue weighted by Gasteiger charge is 2.24. The summed E-state index contributed by atoms with van der Waals surface area (Å²) in [4.78, 5) is 2.69. The lowest BCUT2D eigenvalue weighted by Crippen LogP contribution is -2.25. The van der Waals surface area contributed by atoms with Crippen LogP contribution in [0.5, 0.6) is 0 Å². The van der Waals surface area contributed by atoms with Gasteiger partial charge in [-0.2, -0.15) is 0 Å². The molecule has 0 aromatic carbocycles. The minimum absolute atomic E-state index is 0.0618. The van der Waals surface area contributed by atoms with Crippen LogP contribution in [0.3, 0.4) is 0 Å². The molecule has 1 aliphatic rings. The fourth-order valence-corrected chi connectivity index (χ4v) is 1.69. The van der Waals surface area contributed by atoms with Gasteiger partial charge in [-0.15, -0.1) is 0 Å². The summed E-state index contributed by atoms with van der Waals surface area (Å²) in [5.74, 6) is 0.157. The van der Waals surface area contributed by atoms with Crippen molar-refractivity contribution < 1.29 is 9.84 Å². The topological polar surface area (TPSA) is 57.6 Å². The van der Waals surface area contributed by atoms with E-state index in [-0.39, 0.29) is 12.0 Å². The van der Waals surface area contributed by atoms with Gasteiger partial charge in [-0.3, -0.25) is 0 Å². The molecule has 2 atom stereocenters. The van der Waals surface area contributed by atoms with Gasteiger partial charge in [0, 0.05) is 0 Å². The predicted molar refractivity (Wildman–Crippen MR) is 48.3 cm³/mol. The van der Waals surface area contributed by atoms with E-state index in [2.05, 4.69) is 11.9 Å². The van der Waals surface area contributed by atoms with Crippen molar-refractivity contribution in [2.24, 2.45) is 5.92 Å². The Balaban J connectivity index is 2.43. The lowest BCUT2D eigenvalue weighted by Gasteiger charge is -2.27. The monoisotopic (exact) mass is 183 g/mol. The van der Waals surface area contributed by atoms with Gasteiger partial charge in [0.1, 0.15) is 6.10 Å². The normalized spacial score (nSPS) is 29.4. The van der Waals surface area contributed by atoms with Crippen LogP contribution in [0.4, 0.5) is 0 Å². The Kier molecular flexibility index (Phi) is 3.56. The van der Waals surface area contributed by atoms with Gasteiger partial charge in [-0.25, -0.2) is 0 Å². The summed E-state index contributed by atoms with van der Waals surface area (Å²) in [6.07, 6.45) is 5.43. The fourth-order valence-electron chi connectivity index (χ4n) is 1.69. The molecule has 1 rings (SSSR count). The van der Waals surface area contributed by atoms with E-state index in [1.807, 2.05) is 0 Å². The van der Waals surface area contributed by atoms with Crippen LogP contribution in [-0.2, 0) is 4.74 Å². The number of diazo groups is 1. The molecule has 0 radical (unpaired) electrons. The number of rotatable bonds is 2. The lowest BCUT2D eigenvalue weighted by atomic mass is 9.88. The molecule has 72 valence electrons. The molecule has 0 aliphatic heterocycles. The second-order valence-electron chi connectivity index (χ2n) is 3.50. The molecule has 0 aromatic heterocycles. The molecule has 0 amide bonds. The highest BCUT2D eigenvalue weighted by atomic mass is 16.6. The van der Waals surface area contributed by atoms with Crippen LogP contribution in [-0.4, -0.2) is 11.2 Å². The molecule has 4 nitrogen and oxygen atoms in total. The smallest absolute Gasteiger partial charge is 0.429 e. The summed E-state index contributed by atoms with van der Waals surface area (Å²) in [6, 6.07) is 0. The van der Waals surface area contributed by atoms with Crippen LogP contribution in [0.1, 0.15) is 32.6 Å². The largest absolute Gasteiger partial charge is 0.476 e. The SMILES string of the molecule is C[C@H]1CCCC[C@H]1O/C(O)=C/[N+]#N. The number of hydrogen-bond acceptors (Lipinski definition) is 3. The Hall–Kier alpha value is -1.24. The van der Waals surface area contributed by atoms with E-state index < -0.39 is 0 Å². The fraction of sp³-hybridized carbons (Fsp3) is 0.778. The van der Waals surface area contributed by atoms with Crippen molar-refractivity contribution in [3.05, 3.63) is 17.1 Å².